The number of fused-ring (bicyclic) bond motifs is 2. The van der Waals surface area contributed by atoms with E-state index in [4.69, 9.17) is 9.47 Å². The molecule has 0 saturated carbocycles. The zero-order chi connectivity index (χ0) is 15.0. The smallest absolute Gasteiger partial charge is 0.166 e. The Bertz CT molecular complexity index is 534. The second-order valence-corrected chi connectivity index (χ2v) is 5.89. The predicted octanol–water partition coefficient (Wildman–Crippen LogP) is 2.13. The van der Waals surface area contributed by atoms with Crippen LogP contribution in [0.1, 0.15) is 23.2 Å². The van der Waals surface area contributed by atoms with Gasteiger partial charge in [-0.3, -0.25) is 9.69 Å². The fourth-order valence-electron chi connectivity index (χ4n) is 3.36. The SMILES string of the molecule is COc1ccc(C(=O)C2CC3COCC(C2)N3C)cc1F. The number of ketones is 1. The molecule has 2 atom stereocenters. The monoisotopic (exact) mass is 293 g/mol. The van der Waals surface area contributed by atoms with Gasteiger partial charge in [-0.1, -0.05) is 0 Å². The number of hydrogen-bond acceptors (Lipinski definition) is 4. The lowest BCUT2D eigenvalue weighted by atomic mass is 9.81. The van der Waals surface area contributed by atoms with Gasteiger partial charge in [0, 0.05) is 23.6 Å². The topological polar surface area (TPSA) is 38.8 Å². The van der Waals surface area contributed by atoms with Crippen LogP contribution in [0.25, 0.3) is 0 Å². The molecule has 1 aromatic carbocycles. The van der Waals surface area contributed by atoms with E-state index in [1.54, 1.807) is 6.07 Å². The molecule has 114 valence electrons. The van der Waals surface area contributed by atoms with Gasteiger partial charge in [-0.15, -0.1) is 0 Å². The lowest BCUT2D eigenvalue weighted by molar-refractivity contribution is -0.0702. The first-order valence-corrected chi connectivity index (χ1v) is 7.27. The molecule has 2 bridgehead atoms. The molecule has 2 aliphatic heterocycles. The minimum Gasteiger partial charge on any atom is -0.494 e. The van der Waals surface area contributed by atoms with E-state index in [-0.39, 0.29) is 29.5 Å². The summed E-state index contributed by atoms with van der Waals surface area (Å²) in [6, 6.07) is 5.02. The number of halogens is 1. The van der Waals surface area contributed by atoms with Crippen LogP contribution in [0.5, 0.6) is 5.75 Å². The minimum absolute atomic E-state index is 0.0292. The highest BCUT2D eigenvalue weighted by Crippen LogP contribution is 2.32. The number of Topliss-reactive ketones (excluding diaryl/α,β-unsaturated/α-hetero) is 1. The van der Waals surface area contributed by atoms with E-state index < -0.39 is 5.82 Å². The first-order valence-electron chi connectivity index (χ1n) is 7.27. The molecule has 2 unspecified atom stereocenters. The Kier molecular flexibility index (Phi) is 3.95. The van der Waals surface area contributed by atoms with Crippen LogP contribution in [0.4, 0.5) is 4.39 Å². The molecule has 0 aromatic heterocycles. The maximum absolute atomic E-state index is 13.8. The third kappa shape index (κ3) is 2.68. The largest absolute Gasteiger partial charge is 0.494 e. The summed E-state index contributed by atoms with van der Waals surface area (Å²) < 4.78 is 24.2. The van der Waals surface area contributed by atoms with E-state index >= 15 is 0 Å². The van der Waals surface area contributed by atoms with E-state index in [1.165, 1.54) is 19.2 Å². The Balaban J connectivity index is 1.78. The summed E-state index contributed by atoms with van der Waals surface area (Å²) in [4.78, 5) is 14.9. The Morgan fingerprint density at radius 1 is 1.33 bits per heavy atom. The lowest BCUT2D eigenvalue weighted by Gasteiger charge is -2.46. The number of methoxy groups -OCH3 is 1. The highest BCUT2D eigenvalue weighted by atomic mass is 19.1. The number of carbonyl (C=O) groups is 1. The summed E-state index contributed by atoms with van der Waals surface area (Å²) in [5, 5.41) is 0. The summed E-state index contributed by atoms with van der Waals surface area (Å²) in [5.74, 6) is -0.338. The number of likely N-dealkylation sites (N-methyl/N-ethyl adjacent to an activating group) is 1. The van der Waals surface area contributed by atoms with Gasteiger partial charge in [0.2, 0.25) is 0 Å². The van der Waals surface area contributed by atoms with Gasteiger partial charge in [0.15, 0.2) is 17.3 Å². The summed E-state index contributed by atoms with van der Waals surface area (Å²) >= 11 is 0. The summed E-state index contributed by atoms with van der Waals surface area (Å²) in [5.41, 5.74) is 0.432. The number of rotatable bonds is 3. The standard InChI is InChI=1S/C16H20FNO3/c1-18-12-5-11(6-13(18)9-21-8-12)16(19)10-3-4-15(20-2)14(17)7-10/h3-4,7,11-13H,5-6,8-9H2,1-2H3. The van der Waals surface area contributed by atoms with Crippen molar-refractivity contribution in [3.05, 3.63) is 29.6 Å². The first-order chi connectivity index (χ1) is 10.1. The van der Waals surface area contributed by atoms with Crippen LogP contribution in [0.15, 0.2) is 18.2 Å². The van der Waals surface area contributed by atoms with Crippen molar-refractivity contribution in [3.63, 3.8) is 0 Å². The van der Waals surface area contributed by atoms with Crippen molar-refractivity contribution in [2.24, 2.45) is 5.92 Å². The molecule has 4 nitrogen and oxygen atoms in total. The van der Waals surface area contributed by atoms with Crippen molar-refractivity contribution in [2.75, 3.05) is 27.4 Å². The fourth-order valence-corrected chi connectivity index (χ4v) is 3.36. The molecule has 0 radical (unpaired) electrons. The maximum Gasteiger partial charge on any atom is 0.166 e. The molecule has 0 amide bonds. The van der Waals surface area contributed by atoms with Crippen molar-refractivity contribution in [2.45, 2.75) is 24.9 Å². The molecule has 3 rings (SSSR count). The van der Waals surface area contributed by atoms with Crippen LogP contribution in [0.2, 0.25) is 0 Å². The van der Waals surface area contributed by atoms with Crippen molar-refractivity contribution in [1.82, 2.24) is 4.90 Å². The first kappa shape index (κ1) is 14.5. The number of ether oxygens (including phenoxy) is 2. The molecule has 1 aromatic rings. The van der Waals surface area contributed by atoms with Gasteiger partial charge in [-0.05, 0) is 38.1 Å². The van der Waals surface area contributed by atoms with Gasteiger partial charge in [0.1, 0.15) is 0 Å². The zero-order valence-corrected chi connectivity index (χ0v) is 12.3. The van der Waals surface area contributed by atoms with Crippen LogP contribution in [-0.2, 0) is 4.74 Å². The molecule has 2 heterocycles. The second-order valence-electron chi connectivity index (χ2n) is 5.89. The average molecular weight is 293 g/mol. The van der Waals surface area contributed by atoms with E-state index in [0.717, 1.165) is 12.8 Å². The molecular weight excluding hydrogens is 273 g/mol. The molecule has 5 heteroatoms. The molecule has 0 spiro atoms. The summed E-state index contributed by atoms with van der Waals surface area (Å²) in [6.07, 6.45) is 1.55. The molecular formula is C16H20FNO3. The molecule has 2 aliphatic rings. The van der Waals surface area contributed by atoms with Gasteiger partial charge < -0.3 is 9.47 Å². The van der Waals surface area contributed by atoms with E-state index in [1.807, 2.05) is 0 Å². The number of hydrogen-bond donors (Lipinski definition) is 0. The van der Waals surface area contributed by atoms with Gasteiger partial charge >= 0.3 is 0 Å². The van der Waals surface area contributed by atoms with Crippen molar-refractivity contribution in [3.8, 4) is 5.75 Å². The van der Waals surface area contributed by atoms with Crippen LogP contribution in [0.3, 0.4) is 0 Å². The third-order valence-electron chi connectivity index (χ3n) is 4.69. The van der Waals surface area contributed by atoms with E-state index in [9.17, 15) is 9.18 Å². The number of nitrogens with zero attached hydrogens (tertiary/aromatic N) is 1. The van der Waals surface area contributed by atoms with Crippen molar-refractivity contribution < 1.29 is 18.7 Å². The fraction of sp³-hybridized carbons (Fsp3) is 0.562. The second kappa shape index (κ2) is 5.73. The number of carbonyl (C=O) groups excluding carboxylic acids is 1. The summed E-state index contributed by atoms with van der Waals surface area (Å²) in [7, 11) is 3.50. The Morgan fingerprint density at radius 2 is 2.00 bits per heavy atom. The van der Waals surface area contributed by atoms with Crippen molar-refractivity contribution in [1.29, 1.82) is 0 Å². The van der Waals surface area contributed by atoms with Gasteiger partial charge in [-0.2, -0.15) is 0 Å². The van der Waals surface area contributed by atoms with Crippen LogP contribution in [-0.4, -0.2) is 50.1 Å². The maximum atomic E-state index is 13.8. The van der Waals surface area contributed by atoms with Crippen LogP contribution < -0.4 is 4.74 Å². The highest BCUT2D eigenvalue weighted by Gasteiger charge is 2.39. The predicted molar refractivity (Wildman–Crippen MR) is 76.2 cm³/mol. The van der Waals surface area contributed by atoms with Gasteiger partial charge in [0.25, 0.3) is 0 Å². The number of piperidine rings is 1. The third-order valence-corrected chi connectivity index (χ3v) is 4.69. The number of morpholine rings is 1. The summed E-state index contributed by atoms with van der Waals surface area (Å²) in [6.45, 7) is 1.35. The molecule has 0 aliphatic carbocycles. The molecule has 2 fully saturated rings. The normalized spacial score (nSPS) is 29.2. The minimum atomic E-state index is -0.486. The zero-order valence-electron chi connectivity index (χ0n) is 12.3. The quantitative estimate of drug-likeness (QED) is 0.800. The lowest BCUT2D eigenvalue weighted by Crippen LogP contribution is -2.55. The van der Waals surface area contributed by atoms with Crippen LogP contribution >= 0.6 is 0 Å². The number of benzene rings is 1. The van der Waals surface area contributed by atoms with Gasteiger partial charge in [-0.25, -0.2) is 4.39 Å². The average Bonchev–Trinajstić information content (AvgIpc) is 2.46. The Labute approximate surface area is 123 Å². The van der Waals surface area contributed by atoms with Gasteiger partial charge in [0.05, 0.1) is 20.3 Å². The molecule has 0 N–H and O–H groups in total. The van der Waals surface area contributed by atoms with E-state index in [0.29, 0.717) is 18.8 Å². The van der Waals surface area contributed by atoms with Crippen LogP contribution in [0, 0.1) is 11.7 Å². The Hall–Kier alpha value is -1.46. The van der Waals surface area contributed by atoms with Crippen molar-refractivity contribution >= 4 is 5.78 Å². The highest BCUT2D eigenvalue weighted by molar-refractivity contribution is 5.98. The molecule has 2 saturated heterocycles. The van der Waals surface area contributed by atoms with E-state index in [2.05, 4.69) is 11.9 Å². The Morgan fingerprint density at radius 3 is 2.57 bits per heavy atom. The molecule has 21 heavy (non-hydrogen) atoms.